The van der Waals surface area contributed by atoms with Gasteiger partial charge in [0.05, 0.1) is 17.7 Å². The maximum Gasteiger partial charge on any atom is 0.242 e. The number of nitrogens with zero attached hydrogens (tertiary/aromatic N) is 3. The van der Waals surface area contributed by atoms with Gasteiger partial charge in [-0.25, -0.2) is 0 Å². The third kappa shape index (κ3) is 4.23. The highest BCUT2D eigenvalue weighted by atomic mass is 32.2. The zero-order chi connectivity index (χ0) is 19.3. The van der Waals surface area contributed by atoms with Gasteiger partial charge < -0.3 is 9.80 Å². The van der Waals surface area contributed by atoms with Crippen molar-refractivity contribution in [2.24, 2.45) is 0 Å². The molecule has 2 aliphatic heterocycles. The van der Waals surface area contributed by atoms with E-state index in [1.165, 1.54) is 11.1 Å². The summed E-state index contributed by atoms with van der Waals surface area (Å²) in [5.41, 5.74) is 2.54. The van der Waals surface area contributed by atoms with Gasteiger partial charge in [0.15, 0.2) is 0 Å². The molecule has 6 heteroatoms. The van der Waals surface area contributed by atoms with Gasteiger partial charge >= 0.3 is 0 Å². The Bertz CT molecular complexity index is 768. The van der Waals surface area contributed by atoms with Crippen molar-refractivity contribution < 1.29 is 9.59 Å². The van der Waals surface area contributed by atoms with E-state index in [2.05, 4.69) is 53.4 Å². The minimum Gasteiger partial charge on any atom is -0.339 e. The van der Waals surface area contributed by atoms with Crippen LogP contribution < -0.4 is 0 Å². The summed E-state index contributed by atoms with van der Waals surface area (Å²) in [7, 11) is 0. The Morgan fingerprint density at radius 1 is 0.893 bits per heavy atom. The van der Waals surface area contributed by atoms with Crippen LogP contribution in [0.1, 0.15) is 17.2 Å². The summed E-state index contributed by atoms with van der Waals surface area (Å²) >= 11 is 1.58. The summed E-state index contributed by atoms with van der Waals surface area (Å²) in [6.45, 7) is 3.26. The Labute approximate surface area is 170 Å². The lowest BCUT2D eigenvalue weighted by Gasteiger charge is -2.40. The number of carbonyl (C=O) groups is 2. The molecule has 0 N–H and O–H groups in total. The SMILES string of the molecule is O=C(CN1CSCC1=O)N1CCN(C(c2ccccc2)c2ccccc2)CC1. The minimum atomic E-state index is 0.0615. The molecule has 0 atom stereocenters. The van der Waals surface area contributed by atoms with Gasteiger partial charge in [0.2, 0.25) is 11.8 Å². The lowest BCUT2D eigenvalue weighted by atomic mass is 9.96. The third-order valence-corrected chi connectivity index (χ3v) is 6.36. The van der Waals surface area contributed by atoms with Crippen LogP contribution in [0.3, 0.4) is 0 Å². The molecule has 2 amide bonds. The molecule has 0 spiro atoms. The Hall–Kier alpha value is -2.31. The number of benzene rings is 2. The second-order valence-corrected chi connectivity index (χ2v) is 8.17. The first-order chi connectivity index (χ1) is 13.7. The van der Waals surface area contributed by atoms with E-state index < -0.39 is 0 Å². The van der Waals surface area contributed by atoms with Gasteiger partial charge in [0, 0.05) is 26.2 Å². The molecule has 2 aliphatic rings. The molecular formula is C22H25N3O2S. The van der Waals surface area contributed by atoms with E-state index in [1.54, 1.807) is 16.7 Å². The van der Waals surface area contributed by atoms with Gasteiger partial charge in [-0.05, 0) is 11.1 Å². The Morgan fingerprint density at radius 3 is 1.96 bits per heavy atom. The van der Waals surface area contributed by atoms with Crippen molar-refractivity contribution in [3.05, 3.63) is 71.8 Å². The van der Waals surface area contributed by atoms with E-state index >= 15 is 0 Å². The number of piperazine rings is 1. The first-order valence-electron chi connectivity index (χ1n) is 9.69. The predicted molar refractivity (Wildman–Crippen MR) is 112 cm³/mol. The molecule has 2 saturated heterocycles. The highest BCUT2D eigenvalue weighted by molar-refractivity contribution is 8.00. The molecule has 0 aromatic heterocycles. The summed E-state index contributed by atoms with van der Waals surface area (Å²) in [5.74, 6) is 1.27. The molecule has 0 bridgehead atoms. The predicted octanol–water partition coefficient (Wildman–Crippen LogP) is 2.45. The Kier molecular flexibility index (Phi) is 5.98. The average molecular weight is 396 g/mol. The van der Waals surface area contributed by atoms with Crippen molar-refractivity contribution in [2.75, 3.05) is 44.4 Å². The van der Waals surface area contributed by atoms with E-state index in [4.69, 9.17) is 0 Å². The molecule has 0 aliphatic carbocycles. The second kappa shape index (κ2) is 8.80. The monoisotopic (exact) mass is 395 g/mol. The fraction of sp³-hybridized carbons (Fsp3) is 0.364. The first-order valence-corrected chi connectivity index (χ1v) is 10.8. The zero-order valence-electron chi connectivity index (χ0n) is 15.9. The van der Waals surface area contributed by atoms with Crippen LogP contribution in [0.15, 0.2) is 60.7 Å². The number of thioether (sulfide) groups is 1. The maximum atomic E-state index is 12.6. The molecule has 4 rings (SSSR count). The van der Waals surface area contributed by atoms with Crippen molar-refractivity contribution in [2.45, 2.75) is 6.04 Å². The topological polar surface area (TPSA) is 43.9 Å². The van der Waals surface area contributed by atoms with E-state index in [0.29, 0.717) is 24.7 Å². The largest absolute Gasteiger partial charge is 0.339 e. The molecule has 2 aromatic rings. The van der Waals surface area contributed by atoms with Crippen molar-refractivity contribution in [1.82, 2.24) is 14.7 Å². The standard InChI is InChI=1S/C22H25N3O2S/c26-20(15-25-17-28-16-21(25)27)23-11-13-24(14-12-23)22(18-7-3-1-4-8-18)19-9-5-2-6-10-19/h1-10,22H,11-17H2. The first kappa shape index (κ1) is 19.0. The number of amides is 2. The number of hydrogen-bond acceptors (Lipinski definition) is 4. The van der Waals surface area contributed by atoms with E-state index in [-0.39, 0.29) is 24.4 Å². The lowest BCUT2D eigenvalue weighted by molar-refractivity contribution is -0.139. The van der Waals surface area contributed by atoms with Crippen LogP contribution in [0.2, 0.25) is 0 Å². The maximum absolute atomic E-state index is 12.6. The van der Waals surface area contributed by atoms with E-state index in [1.807, 2.05) is 17.0 Å². The third-order valence-electron chi connectivity index (χ3n) is 5.41. The van der Waals surface area contributed by atoms with Gasteiger partial charge in [0.1, 0.15) is 6.54 Å². The van der Waals surface area contributed by atoms with Crippen molar-refractivity contribution in [3.63, 3.8) is 0 Å². The lowest BCUT2D eigenvalue weighted by Crippen LogP contribution is -2.52. The normalized spacial score (nSPS) is 18.1. The van der Waals surface area contributed by atoms with Crippen molar-refractivity contribution >= 4 is 23.6 Å². The summed E-state index contributed by atoms with van der Waals surface area (Å²) in [6.07, 6.45) is 0. The molecule has 2 fully saturated rings. The molecule has 28 heavy (non-hydrogen) atoms. The molecular weight excluding hydrogens is 370 g/mol. The summed E-state index contributed by atoms with van der Waals surface area (Å²) < 4.78 is 0. The number of carbonyl (C=O) groups excluding carboxylic acids is 2. The molecule has 2 heterocycles. The van der Waals surface area contributed by atoms with Crippen LogP contribution in [-0.2, 0) is 9.59 Å². The van der Waals surface area contributed by atoms with Gasteiger partial charge in [-0.3, -0.25) is 14.5 Å². The zero-order valence-corrected chi connectivity index (χ0v) is 16.7. The van der Waals surface area contributed by atoms with Gasteiger partial charge in [0.25, 0.3) is 0 Å². The summed E-state index contributed by atoms with van der Waals surface area (Å²) in [6, 6.07) is 21.3. The molecule has 5 nitrogen and oxygen atoms in total. The summed E-state index contributed by atoms with van der Waals surface area (Å²) in [5, 5.41) is 0. The highest BCUT2D eigenvalue weighted by Crippen LogP contribution is 2.29. The number of rotatable bonds is 5. The van der Waals surface area contributed by atoms with Crippen molar-refractivity contribution in [1.29, 1.82) is 0 Å². The van der Waals surface area contributed by atoms with Crippen LogP contribution in [0.25, 0.3) is 0 Å². The van der Waals surface area contributed by atoms with Gasteiger partial charge in [-0.15, -0.1) is 11.8 Å². The quantitative estimate of drug-likeness (QED) is 0.780. The Balaban J connectivity index is 1.43. The van der Waals surface area contributed by atoms with Gasteiger partial charge in [-0.2, -0.15) is 0 Å². The summed E-state index contributed by atoms with van der Waals surface area (Å²) in [4.78, 5) is 30.4. The fourth-order valence-corrected chi connectivity index (χ4v) is 4.82. The van der Waals surface area contributed by atoms with Crippen molar-refractivity contribution in [3.8, 4) is 0 Å². The van der Waals surface area contributed by atoms with Crippen LogP contribution in [0.5, 0.6) is 0 Å². The smallest absolute Gasteiger partial charge is 0.242 e. The molecule has 0 radical (unpaired) electrons. The highest BCUT2D eigenvalue weighted by Gasteiger charge is 2.30. The van der Waals surface area contributed by atoms with Gasteiger partial charge in [-0.1, -0.05) is 60.7 Å². The fourth-order valence-electron chi connectivity index (χ4n) is 3.92. The van der Waals surface area contributed by atoms with Crippen LogP contribution in [0.4, 0.5) is 0 Å². The minimum absolute atomic E-state index is 0.0615. The molecule has 2 aromatic carbocycles. The van der Waals surface area contributed by atoms with E-state index in [0.717, 1.165) is 13.1 Å². The average Bonchev–Trinajstić information content (AvgIpc) is 3.15. The molecule has 0 saturated carbocycles. The molecule has 146 valence electrons. The van der Waals surface area contributed by atoms with Crippen LogP contribution in [0, 0.1) is 0 Å². The van der Waals surface area contributed by atoms with E-state index in [9.17, 15) is 9.59 Å². The number of hydrogen-bond donors (Lipinski definition) is 0. The second-order valence-electron chi connectivity index (χ2n) is 7.21. The van der Waals surface area contributed by atoms with Crippen LogP contribution in [-0.4, -0.2) is 70.9 Å². The Morgan fingerprint density at radius 2 is 1.46 bits per heavy atom. The van der Waals surface area contributed by atoms with Crippen LogP contribution >= 0.6 is 11.8 Å². The molecule has 0 unspecified atom stereocenters.